The van der Waals surface area contributed by atoms with E-state index < -0.39 is 17.8 Å². The Bertz CT molecular complexity index is 607. The summed E-state index contributed by atoms with van der Waals surface area (Å²) in [6.07, 6.45) is -4.25. The fourth-order valence-corrected chi connectivity index (χ4v) is 1.99. The number of aliphatic hydroxyl groups excluding tert-OH is 1. The lowest BCUT2D eigenvalue weighted by atomic mass is 10.0. The highest BCUT2D eigenvalue weighted by molar-refractivity contribution is 5.52. The van der Waals surface area contributed by atoms with Crippen LogP contribution in [0.4, 0.5) is 18.9 Å². The van der Waals surface area contributed by atoms with Crippen LogP contribution in [0.2, 0.25) is 0 Å². The zero-order valence-corrected chi connectivity index (χ0v) is 10.7. The number of nitrogen functional groups attached to an aromatic ring is 1. The third-order valence-electron chi connectivity index (χ3n) is 3.04. The van der Waals surface area contributed by atoms with Crippen LogP contribution in [0.15, 0.2) is 30.5 Å². The molecule has 0 spiro atoms. The Morgan fingerprint density at radius 3 is 2.65 bits per heavy atom. The van der Waals surface area contributed by atoms with Gasteiger partial charge in [-0.3, -0.25) is 4.68 Å². The predicted octanol–water partition coefficient (Wildman–Crippen LogP) is 2.59. The number of hydrogen-bond donors (Lipinski definition) is 2. The number of hydrogen-bond acceptors (Lipinski definition) is 3. The molecule has 108 valence electrons. The zero-order valence-electron chi connectivity index (χ0n) is 10.7. The van der Waals surface area contributed by atoms with Crippen molar-refractivity contribution in [1.29, 1.82) is 0 Å². The first-order chi connectivity index (χ1) is 9.34. The number of anilines is 1. The second-order valence-electron chi connectivity index (χ2n) is 4.32. The Hall–Kier alpha value is -2.02. The molecule has 0 amide bonds. The van der Waals surface area contributed by atoms with E-state index in [1.54, 1.807) is 6.07 Å². The molecular formula is C13H14F3N3O. The van der Waals surface area contributed by atoms with Crippen LogP contribution in [-0.2, 0) is 12.7 Å². The summed E-state index contributed by atoms with van der Waals surface area (Å²) in [4.78, 5) is 0. The zero-order chi connectivity index (χ0) is 14.9. The van der Waals surface area contributed by atoms with Crippen molar-refractivity contribution >= 4 is 5.69 Å². The average molecular weight is 285 g/mol. The van der Waals surface area contributed by atoms with E-state index in [1.165, 1.54) is 10.9 Å². The van der Waals surface area contributed by atoms with Gasteiger partial charge >= 0.3 is 6.18 Å². The van der Waals surface area contributed by atoms with E-state index in [4.69, 9.17) is 5.73 Å². The Labute approximate surface area is 113 Å². The average Bonchev–Trinajstić information content (AvgIpc) is 2.85. The lowest BCUT2D eigenvalue weighted by Crippen LogP contribution is -2.13. The Morgan fingerprint density at radius 1 is 1.35 bits per heavy atom. The van der Waals surface area contributed by atoms with Crippen molar-refractivity contribution in [2.75, 3.05) is 5.73 Å². The lowest BCUT2D eigenvalue weighted by Gasteiger charge is -2.17. The van der Waals surface area contributed by atoms with Crippen LogP contribution >= 0.6 is 0 Å². The highest BCUT2D eigenvalue weighted by Gasteiger charge is 2.32. The Morgan fingerprint density at radius 2 is 2.05 bits per heavy atom. The molecule has 1 aromatic heterocycles. The molecule has 0 radical (unpaired) electrons. The van der Waals surface area contributed by atoms with Gasteiger partial charge in [-0.25, -0.2) is 0 Å². The van der Waals surface area contributed by atoms with Gasteiger partial charge in [0.1, 0.15) is 6.10 Å². The van der Waals surface area contributed by atoms with Crippen LogP contribution in [0.1, 0.15) is 29.8 Å². The molecule has 20 heavy (non-hydrogen) atoms. The van der Waals surface area contributed by atoms with E-state index in [0.717, 1.165) is 18.2 Å². The van der Waals surface area contributed by atoms with E-state index in [1.807, 2.05) is 6.92 Å². The van der Waals surface area contributed by atoms with Crippen LogP contribution in [0.5, 0.6) is 0 Å². The summed E-state index contributed by atoms with van der Waals surface area (Å²) in [6.45, 7) is 2.32. The second-order valence-corrected chi connectivity index (χ2v) is 4.32. The molecular weight excluding hydrogens is 271 g/mol. The van der Waals surface area contributed by atoms with E-state index in [2.05, 4.69) is 5.10 Å². The molecule has 0 bridgehead atoms. The number of benzene rings is 1. The number of halogens is 3. The SMILES string of the molecule is CCn1nccc1C(O)c1cc(C(F)(F)F)ccc1N. The van der Waals surface area contributed by atoms with Gasteiger partial charge in [0.25, 0.3) is 0 Å². The van der Waals surface area contributed by atoms with Crippen molar-refractivity contribution in [3.8, 4) is 0 Å². The Kier molecular flexibility index (Phi) is 3.71. The first kappa shape index (κ1) is 14.4. The van der Waals surface area contributed by atoms with Crippen LogP contribution in [0.3, 0.4) is 0 Å². The summed E-state index contributed by atoms with van der Waals surface area (Å²) in [6, 6.07) is 4.46. The number of aliphatic hydroxyl groups is 1. The molecule has 0 saturated heterocycles. The van der Waals surface area contributed by atoms with Gasteiger partial charge in [0.15, 0.2) is 0 Å². The van der Waals surface area contributed by atoms with Crippen LogP contribution in [0, 0.1) is 0 Å². The monoisotopic (exact) mass is 285 g/mol. The van der Waals surface area contributed by atoms with E-state index in [9.17, 15) is 18.3 Å². The van der Waals surface area contributed by atoms with E-state index >= 15 is 0 Å². The molecule has 2 rings (SSSR count). The first-order valence-electron chi connectivity index (χ1n) is 6.01. The molecule has 1 aromatic carbocycles. The van der Waals surface area contributed by atoms with Gasteiger partial charge in [-0.15, -0.1) is 0 Å². The van der Waals surface area contributed by atoms with Gasteiger partial charge in [0, 0.05) is 24.0 Å². The topological polar surface area (TPSA) is 64.1 Å². The summed E-state index contributed by atoms with van der Waals surface area (Å²) in [5.41, 5.74) is 5.36. The maximum absolute atomic E-state index is 12.7. The molecule has 3 N–H and O–H groups in total. The largest absolute Gasteiger partial charge is 0.416 e. The number of aryl methyl sites for hydroxylation is 1. The minimum absolute atomic E-state index is 0.0232. The number of nitrogens with zero attached hydrogens (tertiary/aromatic N) is 2. The van der Waals surface area contributed by atoms with Gasteiger partial charge in [-0.05, 0) is 31.2 Å². The second kappa shape index (κ2) is 5.16. The molecule has 0 aliphatic rings. The van der Waals surface area contributed by atoms with Crippen molar-refractivity contribution < 1.29 is 18.3 Å². The fourth-order valence-electron chi connectivity index (χ4n) is 1.99. The summed E-state index contributed by atoms with van der Waals surface area (Å²) in [5.74, 6) is 0. The standard InChI is InChI=1S/C13H14F3N3O/c1-2-19-11(5-6-18-19)12(20)9-7-8(13(14,15)16)3-4-10(9)17/h3-7,12,20H,2,17H2,1H3. The maximum Gasteiger partial charge on any atom is 0.416 e. The first-order valence-corrected chi connectivity index (χ1v) is 6.01. The molecule has 0 fully saturated rings. The van der Waals surface area contributed by atoms with Gasteiger partial charge in [-0.2, -0.15) is 18.3 Å². The van der Waals surface area contributed by atoms with Crippen LogP contribution < -0.4 is 5.73 Å². The van der Waals surface area contributed by atoms with Crippen molar-refractivity contribution in [2.24, 2.45) is 0 Å². The highest BCUT2D eigenvalue weighted by atomic mass is 19.4. The molecule has 0 aliphatic carbocycles. The summed E-state index contributed by atoms with van der Waals surface area (Å²) >= 11 is 0. The quantitative estimate of drug-likeness (QED) is 0.852. The molecule has 7 heteroatoms. The lowest BCUT2D eigenvalue weighted by molar-refractivity contribution is -0.137. The molecule has 0 saturated carbocycles. The van der Waals surface area contributed by atoms with Crippen molar-refractivity contribution in [3.05, 3.63) is 47.3 Å². The summed E-state index contributed by atoms with van der Waals surface area (Å²) < 4.78 is 39.6. The Balaban J connectivity index is 2.46. The highest BCUT2D eigenvalue weighted by Crippen LogP contribution is 2.34. The fraction of sp³-hybridized carbons (Fsp3) is 0.308. The maximum atomic E-state index is 12.7. The normalized spacial score (nSPS) is 13.4. The van der Waals surface area contributed by atoms with E-state index in [0.29, 0.717) is 12.2 Å². The molecule has 1 heterocycles. The van der Waals surface area contributed by atoms with Crippen molar-refractivity contribution in [1.82, 2.24) is 9.78 Å². The molecule has 4 nitrogen and oxygen atoms in total. The number of rotatable bonds is 3. The van der Waals surface area contributed by atoms with Gasteiger partial charge in [0.2, 0.25) is 0 Å². The van der Waals surface area contributed by atoms with Crippen molar-refractivity contribution in [3.63, 3.8) is 0 Å². The molecule has 1 unspecified atom stereocenters. The minimum atomic E-state index is -4.48. The van der Waals surface area contributed by atoms with Crippen LogP contribution in [-0.4, -0.2) is 14.9 Å². The number of aromatic nitrogens is 2. The third-order valence-corrected chi connectivity index (χ3v) is 3.04. The molecule has 1 atom stereocenters. The third kappa shape index (κ3) is 2.62. The van der Waals surface area contributed by atoms with Crippen LogP contribution in [0.25, 0.3) is 0 Å². The van der Waals surface area contributed by atoms with Gasteiger partial charge < -0.3 is 10.8 Å². The minimum Gasteiger partial charge on any atom is -0.398 e. The number of alkyl halides is 3. The summed E-state index contributed by atoms with van der Waals surface area (Å²) in [5, 5.41) is 14.2. The van der Waals surface area contributed by atoms with Gasteiger partial charge in [-0.1, -0.05) is 0 Å². The molecule has 2 aromatic rings. The van der Waals surface area contributed by atoms with Gasteiger partial charge in [0.05, 0.1) is 11.3 Å². The summed E-state index contributed by atoms with van der Waals surface area (Å²) in [7, 11) is 0. The van der Waals surface area contributed by atoms with E-state index in [-0.39, 0.29) is 11.3 Å². The van der Waals surface area contributed by atoms with Crippen molar-refractivity contribution in [2.45, 2.75) is 25.7 Å². The smallest absolute Gasteiger partial charge is 0.398 e. The predicted molar refractivity (Wildman–Crippen MR) is 67.8 cm³/mol. The molecule has 0 aliphatic heterocycles. The number of nitrogens with two attached hydrogens (primary N) is 1.